The fraction of sp³-hybridized carbons (Fsp3) is 0.353. The second-order valence-electron chi connectivity index (χ2n) is 15.3. The van der Waals surface area contributed by atoms with Gasteiger partial charge in [-0.3, -0.25) is 4.79 Å². The minimum absolute atomic E-state index is 0.0226. The predicted molar refractivity (Wildman–Crippen MR) is 245 cm³/mol. The molecule has 18 nitrogen and oxygen atoms in total. The molecule has 5 rings (SSSR count). The molecule has 1 heterocycles. The van der Waals surface area contributed by atoms with Gasteiger partial charge in [0.05, 0.1) is 42.0 Å². The largest absolute Gasteiger partial charge is 0.497 e. The highest BCUT2D eigenvalue weighted by Crippen LogP contribution is 2.35. The fourth-order valence-electron chi connectivity index (χ4n) is 6.51. The number of carbonyl (C=O) groups excluding carboxylic acids is 5. The predicted octanol–water partition coefficient (Wildman–Crippen LogP) is 7.65. The van der Waals surface area contributed by atoms with E-state index in [4.69, 9.17) is 61.3 Å². The third kappa shape index (κ3) is 14.6. The monoisotopic (exact) mass is 956 g/mol. The molecule has 1 aromatic heterocycles. The number of esters is 4. The van der Waals surface area contributed by atoms with E-state index in [1.165, 1.54) is 69.1 Å². The minimum atomic E-state index is -1.93. The van der Waals surface area contributed by atoms with E-state index >= 15 is 0 Å². The van der Waals surface area contributed by atoms with E-state index in [0.29, 0.717) is 28.7 Å². The molecule has 4 aromatic carbocycles. The lowest BCUT2D eigenvalue weighted by Crippen LogP contribution is -2.47. The number of carbonyl (C=O) groups is 5. The summed E-state index contributed by atoms with van der Waals surface area (Å²) in [7, 11) is 7.14. The number of methoxy groups -OCH3 is 5. The Kier molecular flexibility index (Phi) is 18.7. The second-order valence-corrected chi connectivity index (χ2v) is 15.3. The molecule has 0 radical (unpaired) electrons. The average Bonchev–Trinajstić information content (AvgIpc) is 3.75. The van der Waals surface area contributed by atoms with Gasteiger partial charge >= 0.3 is 23.9 Å². The lowest BCUT2D eigenvalue weighted by Gasteiger charge is -2.33. The van der Waals surface area contributed by atoms with Gasteiger partial charge in [-0.05, 0) is 138 Å². The molecular formula is C51H56O18. The maximum Gasteiger partial charge on any atom is 0.347 e. The first kappa shape index (κ1) is 52.1. The van der Waals surface area contributed by atoms with E-state index in [-0.39, 0.29) is 34.3 Å². The Morgan fingerprint density at radius 1 is 0.464 bits per heavy atom. The first-order valence-corrected chi connectivity index (χ1v) is 21.6. The SMILES string of the molecule is COC(=O)c1cc(C(OC(=O)C(C)Oc2ccc(OC)cc2)C(OC(=O)C(C)Oc2ccc(OC)cc2)C(CC(=O)C(C)Oc2ccc(OC)cc2)OC(=O)C(C)Oc2ccc(OC)cc2)oc1C. The highest BCUT2D eigenvalue weighted by molar-refractivity contribution is 5.90. The summed E-state index contributed by atoms with van der Waals surface area (Å²) in [6.07, 6.45) is -11.6. The molecule has 18 heteroatoms. The van der Waals surface area contributed by atoms with Crippen LogP contribution in [0.2, 0.25) is 0 Å². The van der Waals surface area contributed by atoms with Gasteiger partial charge in [0.2, 0.25) is 0 Å². The zero-order chi connectivity index (χ0) is 50.2. The Morgan fingerprint density at radius 3 is 1.16 bits per heavy atom. The third-order valence-electron chi connectivity index (χ3n) is 10.4. The number of benzene rings is 4. The molecule has 0 bridgehead atoms. The molecule has 5 aromatic rings. The Balaban J connectivity index is 1.60. The van der Waals surface area contributed by atoms with Gasteiger partial charge in [-0.25, -0.2) is 19.2 Å². The molecule has 69 heavy (non-hydrogen) atoms. The van der Waals surface area contributed by atoms with Gasteiger partial charge in [-0.2, -0.15) is 0 Å². The number of rotatable bonds is 25. The van der Waals surface area contributed by atoms with Crippen molar-refractivity contribution >= 4 is 29.7 Å². The summed E-state index contributed by atoms with van der Waals surface area (Å²) in [5.74, 6) is -1.61. The van der Waals surface area contributed by atoms with Gasteiger partial charge in [0.25, 0.3) is 0 Å². The smallest absolute Gasteiger partial charge is 0.347 e. The third-order valence-corrected chi connectivity index (χ3v) is 10.4. The Bertz CT molecular complexity index is 2390. The molecule has 0 aliphatic rings. The number of hydrogen-bond donors (Lipinski definition) is 0. The van der Waals surface area contributed by atoms with Crippen LogP contribution in [0.15, 0.2) is 108 Å². The van der Waals surface area contributed by atoms with Crippen LogP contribution in [0.1, 0.15) is 62.1 Å². The lowest BCUT2D eigenvalue weighted by atomic mass is 9.98. The van der Waals surface area contributed by atoms with Crippen LogP contribution in [-0.2, 0) is 38.1 Å². The van der Waals surface area contributed by atoms with Gasteiger partial charge in [-0.15, -0.1) is 0 Å². The molecule has 0 aliphatic carbocycles. The fourth-order valence-corrected chi connectivity index (χ4v) is 6.51. The number of furan rings is 1. The molecule has 7 atom stereocenters. The van der Waals surface area contributed by atoms with E-state index in [1.807, 2.05) is 0 Å². The van der Waals surface area contributed by atoms with Crippen molar-refractivity contribution in [3.8, 4) is 46.0 Å². The zero-order valence-electron chi connectivity index (χ0n) is 39.9. The van der Waals surface area contributed by atoms with E-state index in [1.54, 1.807) is 97.1 Å². The molecule has 7 unspecified atom stereocenters. The van der Waals surface area contributed by atoms with Gasteiger partial charge < -0.3 is 61.3 Å². The van der Waals surface area contributed by atoms with Gasteiger partial charge in [0.15, 0.2) is 42.4 Å². The molecule has 368 valence electrons. The highest BCUT2D eigenvalue weighted by atomic mass is 16.6. The van der Waals surface area contributed by atoms with Crippen LogP contribution in [0, 0.1) is 6.92 Å². The van der Waals surface area contributed by atoms with Crippen LogP contribution in [0.25, 0.3) is 0 Å². The maximum atomic E-state index is 14.3. The summed E-state index contributed by atoms with van der Waals surface area (Å²) in [4.78, 5) is 70.1. The van der Waals surface area contributed by atoms with Crippen molar-refractivity contribution in [1.29, 1.82) is 0 Å². The number of hydrogen-bond acceptors (Lipinski definition) is 18. The van der Waals surface area contributed by atoms with Gasteiger partial charge in [0.1, 0.15) is 69.2 Å². The van der Waals surface area contributed by atoms with E-state index in [2.05, 4.69) is 0 Å². The summed E-state index contributed by atoms with van der Waals surface area (Å²) < 4.78 is 74.1. The molecular weight excluding hydrogens is 901 g/mol. The van der Waals surface area contributed by atoms with Crippen molar-refractivity contribution in [3.63, 3.8) is 0 Å². The van der Waals surface area contributed by atoms with Crippen LogP contribution < -0.4 is 37.9 Å². The number of ether oxygens (including phenoxy) is 12. The van der Waals surface area contributed by atoms with Crippen molar-refractivity contribution in [3.05, 3.63) is 120 Å². The van der Waals surface area contributed by atoms with Gasteiger partial charge in [0, 0.05) is 0 Å². The van der Waals surface area contributed by atoms with Crippen LogP contribution >= 0.6 is 0 Å². The van der Waals surface area contributed by atoms with Crippen LogP contribution in [0.5, 0.6) is 46.0 Å². The number of Topliss-reactive ketones (excluding diaryl/α,β-unsaturated/α-hetero) is 1. The van der Waals surface area contributed by atoms with Crippen molar-refractivity contribution in [1.82, 2.24) is 0 Å². The van der Waals surface area contributed by atoms with E-state index in [0.717, 1.165) is 7.11 Å². The van der Waals surface area contributed by atoms with Crippen LogP contribution in [-0.4, -0.2) is 102 Å². The Morgan fingerprint density at radius 2 is 0.797 bits per heavy atom. The lowest BCUT2D eigenvalue weighted by molar-refractivity contribution is -0.196. The normalized spacial score (nSPS) is 13.9. The molecule has 0 fully saturated rings. The first-order chi connectivity index (χ1) is 33.0. The van der Waals surface area contributed by atoms with Crippen LogP contribution in [0.3, 0.4) is 0 Å². The maximum absolute atomic E-state index is 14.3. The quantitative estimate of drug-likeness (QED) is 0.0406. The first-order valence-electron chi connectivity index (χ1n) is 21.6. The standard InChI is InChI=1S/C51H56O18/c1-29-42(51(56)61-10)27-44(66-29)46(68-49(54)32(4)64-40-23-15-36(59-8)16-24-40)47(69-50(55)33(5)65-41-25-17-37(60-9)18-26-41)45(28-43(52)30(2)62-38-19-11-34(57-6)12-20-38)67-48(53)31(3)63-39-21-13-35(58-7)14-22-39/h11-27,30-33,45-47H,28H2,1-10H3. The summed E-state index contributed by atoms with van der Waals surface area (Å²) in [5, 5.41) is 0. The minimum Gasteiger partial charge on any atom is -0.497 e. The molecule has 0 spiro atoms. The summed E-state index contributed by atoms with van der Waals surface area (Å²) >= 11 is 0. The van der Waals surface area contributed by atoms with Crippen molar-refractivity contribution in [2.24, 2.45) is 0 Å². The summed E-state index contributed by atoms with van der Waals surface area (Å²) in [6.45, 7) is 7.12. The van der Waals surface area contributed by atoms with Gasteiger partial charge in [-0.1, -0.05) is 0 Å². The Hall–Kier alpha value is -7.89. The molecule has 0 amide bonds. The number of ketones is 1. The zero-order valence-corrected chi connectivity index (χ0v) is 39.9. The topological polar surface area (TPSA) is 209 Å². The molecule has 0 N–H and O–H groups in total. The second kappa shape index (κ2) is 24.8. The van der Waals surface area contributed by atoms with E-state index in [9.17, 15) is 24.0 Å². The number of aryl methyl sites for hydroxylation is 1. The highest BCUT2D eigenvalue weighted by Gasteiger charge is 2.45. The van der Waals surface area contributed by atoms with Crippen molar-refractivity contribution < 1.29 is 85.2 Å². The summed E-state index contributed by atoms with van der Waals surface area (Å²) in [6, 6.07) is 26.8. The Labute approximate surface area is 399 Å². The molecule has 0 aliphatic heterocycles. The van der Waals surface area contributed by atoms with Crippen molar-refractivity contribution in [2.45, 2.75) is 83.8 Å². The van der Waals surface area contributed by atoms with E-state index < -0.39 is 78.8 Å². The average molecular weight is 957 g/mol. The van der Waals surface area contributed by atoms with Crippen LogP contribution in [0.4, 0.5) is 0 Å². The van der Waals surface area contributed by atoms with Crippen molar-refractivity contribution in [2.75, 3.05) is 35.5 Å². The summed E-state index contributed by atoms with van der Waals surface area (Å²) in [5.41, 5.74) is -0.0787. The molecule has 0 saturated heterocycles. The molecule has 0 saturated carbocycles.